The van der Waals surface area contributed by atoms with Gasteiger partial charge in [-0.05, 0) is 51.7 Å². The van der Waals surface area contributed by atoms with Gasteiger partial charge in [-0.25, -0.2) is 4.79 Å². The molecular formula is C27H32N2O5. The van der Waals surface area contributed by atoms with Crippen LogP contribution in [0.3, 0.4) is 0 Å². The Balaban J connectivity index is 1.61. The second-order valence-electron chi connectivity index (χ2n) is 9.43. The van der Waals surface area contributed by atoms with E-state index in [4.69, 9.17) is 9.26 Å². The summed E-state index contributed by atoms with van der Waals surface area (Å²) in [6.45, 7) is 5.87. The largest absolute Gasteiger partial charge is 0.481 e. The Labute approximate surface area is 200 Å². The molecule has 0 radical (unpaired) electrons. The first-order valence-corrected chi connectivity index (χ1v) is 11.4. The van der Waals surface area contributed by atoms with Crippen LogP contribution in [0.5, 0.6) is 0 Å². The molecule has 2 aromatic carbocycles. The molecule has 1 heterocycles. The Kier molecular flexibility index (Phi) is 8.10. The van der Waals surface area contributed by atoms with Crippen LogP contribution in [0.25, 0.3) is 22.6 Å². The van der Waals surface area contributed by atoms with Crippen molar-refractivity contribution in [2.45, 2.75) is 45.6 Å². The third kappa shape index (κ3) is 7.20. The first-order valence-electron chi connectivity index (χ1n) is 11.4. The molecule has 7 heteroatoms. The Hall–Kier alpha value is -3.61. The van der Waals surface area contributed by atoms with Crippen LogP contribution in [0.2, 0.25) is 0 Å². The van der Waals surface area contributed by atoms with Gasteiger partial charge in [0.1, 0.15) is 11.3 Å². The third-order valence-electron chi connectivity index (χ3n) is 5.37. The SMILES string of the molecule is CN(CCCC(Cc1cccc(-c2cc(-c3ccccc3)no2)c1)C(=O)O)C(=O)OC(C)(C)C. The van der Waals surface area contributed by atoms with Crippen molar-refractivity contribution in [2.24, 2.45) is 5.92 Å². The molecule has 0 bridgehead atoms. The minimum Gasteiger partial charge on any atom is -0.481 e. The van der Waals surface area contributed by atoms with Gasteiger partial charge in [-0.1, -0.05) is 53.7 Å². The van der Waals surface area contributed by atoms with E-state index in [1.807, 2.05) is 81.4 Å². The van der Waals surface area contributed by atoms with Gasteiger partial charge < -0.3 is 19.3 Å². The van der Waals surface area contributed by atoms with Crippen molar-refractivity contribution in [3.8, 4) is 22.6 Å². The molecular weight excluding hydrogens is 432 g/mol. The molecule has 3 aromatic rings. The zero-order valence-electron chi connectivity index (χ0n) is 20.2. The quantitative estimate of drug-likeness (QED) is 0.424. The number of carboxylic acids is 1. The van der Waals surface area contributed by atoms with Crippen molar-refractivity contribution < 1.29 is 24.0 Å². The molecule has 0 aliphatic heterocycles. The van der Waals surface area contributed by atoms with Gasteiger partial charge in [0.05, 0.1) is 5.92 Å². The van der Waals surface area contributed by atoms with Crippen LogP contribution in [-0.4, -0.2) is 46.4 Å². The molecule has 1 atom stereocenters. The van der Waals surface area contributed by atoms with Gasteiger partial charge in [0.2, 0.25) is 0 Å². The highest BCUT2D eigenvalue weighted by Gasteiger charge is 2.22. The minimum absolute atomic E-state index is 0.388. The standard InChI is InChI=1S/C27H32N2O5/c1-27(2,3)33-26(32)29(4)15-9-14-22(25(30)31)17-19-10-8-13-21(16-19)24-18-23(28-34-24)20-11-6-5-7-12-20/h5-8,10-13,16,18,22H,9,14-15,17H2,1-4H3,(H,30,31). The highest BCUT2D eigenvalue weighted by atomic mass is 16.6. The Morgan fingerprint density at radius 2 is 1.76 bits per heavy atom. The lowest BCUT2D eigenvalue weighted by atomic mass is 9.93. The number of hydrogen-bond acceptors (Lipinski definition) is 5. The highest BCUT2D eigenvalue weighted by molar-refractivity contribution is 5.71. The molecule has 1 unspecified atom stereocenters. The lowest BCUT2D eigenvalue weighted by molar-refractivity contribution is -0.142. The van der Waals surface area contributed by atoms with E-state index in [2.05, 4.69) is 5.16 Å². The van der Waals surface area contributed by atoms with E-state index < -0.39 is 23.6 Å². The summed E-state index contributed by atoms with van der Waals surface area (Å²) in [6, 6.07) is 19.3. The van der Waals surface area contributed by atoms with Gasteiger partial charge in [0.25, 0.3) is 0 Å². The summed E-state index contributed by atoms with van der Waals surface area (Å²) >= 11 is 0. The fourth-order valence-electron chi connectivity index (χ4n) is 3.61. The molecule has 0 saturated heterocycles. The number of carboxylic acid groups (broad SMARTS) is 1. The summed E-state index contributed by atoms with van der Waals surface area (Å²) in [5.41, 5.74) is 2.91. The second kappa shape index (κ2) is 11.0. The molecule has 0 aliphatic carbocycles. The Bertz CT molecular complexity index is 1100. The van der Waals surface area contributed by atoms with Crippen LogP contribution in [0.1, 0.15) is 39.2 Å². The highest BCUT2D eigenvalue weighted by Crippen LogP contribution is 2.27. The van der Waals surface area contributed by atoms with E-state index in [-0.39, 0.29) is 0 Å². The maximum atomic E-state index is 12.1. The second-order valence-corrected chi connectivity index (χ2v) is 9.43. The predicted octanol–water partition coefficient (Wildman–Crippen LogP) is 5.90. The van der Waals surface area contributed by atoms with Crippen molar-refractivity contribution in [1.82, 2.24) is 10.1 Å². The monoisotopic (exact) mass is 464 g/mol. The van der Waals surface area contributed by atoms with Gasteiger partial charge in [0.15, 0.2) is 5.76 Å². The maximum absolute atomic E-state index is 12.1. The van der Waals surface area contributed by atoms with Crippen molar-refractivity contribution in [2.75, 3.05) is 13.6 Å². The van der Waals surface area contributed by atoms with E-state index in [0.29, 0.717) is 31.6 Å². The van der Waals surface area contributed by atoms with Crippen molar-refractivity contribution >= 4 is 12.1 Å². The molecule has 0 fully saturated rings. The van der Waals surface area contributed by atoms with Crippen LogP contribution < -0.4 is 0 Å². The zero-order valence-corrected chi connectivity index (χ0v) is 20.2. The number of rotatable bonds is 9. The van der Waals surface area contributed by atoms with Crippen LogP contribution >= 0.6 is 0 Å². The van der Waals surface area contributed by atoms with Crippen molar-refractivity contribution in [3.05, 3.63) is 66.2 Å². The van der Waals surface area contributed by atoms with Crippen LogP contribution in [0.4, 0.5) is 4.79 Å². The molecule has 1 amide bonds. The van der Waals surface area contributed by atoms with E-state index in [0.717, 1.165) is 22.4 Å². The van der Waals surface area contributed by atoms with E-state index in [9.17, 15) is 14.7 Å². The summed E-state index contributed by atoms with van der Waals surface area (Å²) in [4.78, 5) is 25.5. The fourth-order valence-corrected chi connectivity index (χ4v) is 3.61. The lowest BCUT2D eigenvalue weighted by Crippen LogP contribution is -2.35. The number of benzene rings is 2. The minimum atomic E-state index is -0.851. The van der Waals surface area contributed by atoms with Crippen LogP contribution in [0.15, 0.2) is 65.2 Å². The summed E-state index contributed by atoms with van der Waals surface area (Å²) in [5.74, 6) is -0.778. The summed E-state index contributed by atoms with van der Waals surface area (Å²) in [5, 5.41) is 13.9. The number of carbonyl (C=O) groups is 2. The third-order valence-corrected chi connectivity index (χ3v) is 5.37. The van der Waals surface area contributed by atoms with Crippen LogP contribution in [0, 0.1) is 5.92 Å². The molecule has 0 saturated carbocycles. The number of aromatic nitrogens is 1. The summed E-state index contributed by atoms with van der Waals surface area (Å²) < 4.78 is 10.9. The number of nitrogens with zero attached hydrogens (tertiary/aromatic N) is 2. The number of ether oxygens (including phenoxy) is 1. The molecule has 0 spiro atoms. The topological polar surface area (TPSA) is 92.9 Å². The van der Waals surface area contributed by atoms with E-state index in [1.54, 1.807) is 7.05 Å². The smallest absolute Gasteiger partial charge is 0.410 e. The van der Waals surface area contributed by atoms with Gasteiger partial charge in [-0.2, -0.15) is 0 Å². The fraction of sp³-hybridized carbons (Fsp3) is 0.370. The number of hydrogen-bond donors (Lipinski definition) is 1. The van der Waals surface area contributed by atoms with E-state index >= 15 is 0 Å². The molecule has 34 heavy (non-hydrogen) atoms. The van der Waals surface area contributed by atoms with Gasteiger partial charge >= 0.3 is 12.1 Å². The first-order chi connectivity index (χ1) is 16.1. The normalized spacial score (nSPS) is 12.2. The zero-order chi connectivity index (χ0) is 24.7. The number of amides is 1. The lowest BCUT2D eigenvalue weighted by Gasteiger charge is -2.25. The first kappa shape index (κ1) is 25.0. The van der Waals surface area contributed by atoms with Gasteiger partial charge in [0, 0.05) is 30.8 Å². The average molecular weight is 465 g/mol. The molecule has 1 N–H and O–H groups in total. The predicted molar refractivity (Wildman–Crippen MR) is 130 cm³/mol. The maximum Gasteiger partial charge on any atom is 0.410 e. The number of carbonyl (C=O) groups excluding carboxylic acids is 1. The Morgan fingerprint density at radius 3 is 2.44 bits per heavy atom. The number of aliphatic carboxylic acids is 1. The average Bonchev–Trinajstić information content (AvgIpc) is 3.28. The molecule has 7 nitrogen and oxygen atoms in total. The van der Waals surface area contributed by atoms with E-state index in [1.165, 1.54) is 4.90 Å². The van der Waals surface area contributed by atoms with Crippen molar-refractivity contribution in [3.63, 3.8) is 0 Å². The Morgan fingerprint density at radius 1 is 1.06 bits per heavy atom. The van der Waals surface area contributed by atoms with Gasteiger partial charge in [-0.15, -0.1) is 0 Å². The molecule has 0 aliphatic rings. The molecule has 1 aromatic heterocycles. The summed E-state index contributed by atoms with van der Waals surface area (Å²) in [6.07, 6.45) is 0.996. The summed E-state index contributed by atoms with van der Waals surface area (Å²) in [7, 11) is 1.66. The van der Waals surface area contributed by atoms with Gasteiger partial charge in [-0.3, -0.25) is 4.79 Å². The van der Waals surface area contributed by atoms with Crippen molar-refractivity contribution in [1.29, 1.82) is 0 Å². The van der Waals surface area contributed by atoms with Crippen LogP contribution in [-0.2, 0) is 16.0 Å². The molecule has 180 valence electrons. The molecule has 3 rings (SSSR count).